The van der Waals surface area contributed by atoms with Crippen LogP contribution in [-0.4, -0.2) is 52.6 Å². The molecule has 2 fully saturated rings. The summed E-state index contributed by atoms with van der Waals surface area (Å²) in [6, 6.07) is 0.205. The van der Waals surface area contributed by atoms with Crippen molar-refractivity contribution in [1.82, 2.24) is 9.80 Å². The highest BCUT2D eigenvalue weighted by atomic mass is 16.4. The van der Waals surface area contributed by atoms with E-state index in [9.17, 15) is 9.59 Å². The summed E-state index contributed by atoms with van der Waals surface area (Å²) in [5.41, 5.74) is 0. The third kappa shape index (κ3) is 3.25. The van der Waals surface area contributed by atoms with Gasteiger partial charge in [0.25, 0.3) is 0 Å². The molecule has 0 aromatic rings. The van der Waals surface area contributed by atoms with Crippen LogP contribution < -0.4 is 0 Å². The van der Waals surface area contributed by atoms with Gasteiger partial charge in [-0.15, -0.1) is 0 Å². The average Bonchev–Trinajstić information content (AvgIpc) is 2.85. The predicted molar refractivity (Wildman–Crippen MR) is 76.6 cm³/mol. The molecule has 0 aromatic heterocycles. The maximum Gasteiger partial charge on any atom is 0.320 e. The first-order valence-electron chi connectivity index (χ1n) is 7.76. The second kappa shape index (κ2) is 6.46. The number of hydrogen-bond acceptors (Lipinski definition) is 2. The summed E-state index contributed by atoms with van der Waals surface area (Å²) in [6.45, 7) is 2.91. The van der Waals surface area contributed by atoms with Crippen LogP contribution in [0.25, 0.3) is 0 Å². The van der Waals surface area contributed by atoms with Gasteiger partial charge >= 0.3 is 12.0 Å². The normalized spacial score (nSPS) is 30.3. The highest BCUT2D eigenvalue weighted by Crippen LogP contribution is 2.29. The van der Waals surface area contributed by atoms with E-state index in [1.54, 1.807) is 4.90 Å². The lowest BCUT2D eigenvalue weighted by molar-refractivity contribution is -0.138. The molecule has 2 aliphatic rings. The molecule has 1 saturated heterocycles. The molecule has 2 rings (SSSR count). The van der Waals surface area contributed by atoms with E-state index in [2.05, 4.69) is 6.92 Å². The van der Waals surface area contributed by atoms with Gasteiger partial charge in [0.1, 0.15) is 0 Å². The third-order valence-corrected chi connectivity index (χ3v) is 4.90. The van der Waals surface area contributed by atoms with Gasteiger partial charge in [-0.2, -0.15) is 0 Å². The maximum atomic E-state index is 12.6. The molecular weight excluding hydrogens is 256 g/mol. The Morgan fingerprint density at radius 2 is 1.90 bits per heavy atom. The summed E-state index contributed by atoms with van der Waals surface area (Å²) in [6.07, 6.45) is 6.49. The molecule has 5 heteroatoms. The second-order valence-corrected chi connectivity index (χ2v) is 6.31. The number of carbonyl (C=O) groups excluding carboxylic acids is 1. The largest absolute Gasteiger partial charge is 0.481 e. The molecule has 1 aliphatic carbocycles. The van der Waals surface area contributed by atoms with E-state index in [1.807, 2.05) is 11.9 Å². The van der Waals surface area contributed by atoms with E-state index in [4.69, 9.17) is 5.11 Å². The van der Waals surface area contributed by atoms with Crippen molar-refractivity contribution in [3.05, 3.63) is 0 Å². The number of aliphatic carboxylic acids is 1. The number of urea groups is 1. The van der Waals surface area contributed by atoms with E-state index in [0.717, 1.165) is 19.3 Å². The summed E-state index contributed by atoms with van der Waals surface area (Å²) in [4.78, 5) is 27.2. The SMILES string of the molecule is CC1CCCCC1N(C)C(=O)N1CCCC1CC(=O)O. The van der Waals surface area contributed by atoms with Crippen molar-refractivity contribution in [3.8, 4) is 0 Å². The minimum atomic E-state index is -0.816. The summed E-state index contributed by atoms with van der Waals surface area (Å²) < 4.78 is 0. The first-order valence-corrected chi connectivity index (χ1v) is 7.76. The molecule has 2 amide bonds. The highest BCUT2D eigenvalue weighted by molar-refractivity contribution is 5.76. The summed E-state index contributed by atoms with van der Waals surface area (Å²) in [5, 5.41) is 8.95. The van der Waals surface area contributed by atoms with Crippen LogP contribution in [0.4, 0.5) is 4.79 Å². The van der Waals surface area contributed by atoms with Crippen LogP contribution in [0.15, 0.2) is 0 Å². The lowest BCUT2D eigenvalue weighted by Gasteiger charge is -2.39. The summed E-state index contributed by atoms with van der Waals surface area (Å²) >= 11 is 0. The molecule has 0 aromatic carbocycles. The first-order chi connectivity index (χ1) is 9.50. The Kier molecular flexibility index (Phi) is 4.89. The fraction of sp³-hybridized carbons (Fsp3) is 0.867. The molecule has 0 bridgehead atoms. The van der Waals surface area contributed by atoms with Crippen LogP contribution in [0.1, 0.15) is 51.9 Å². The molecule has 0 radical (unpaired) electrons. The molecule has 1 heterocycles. The van der Waals surface area contributed by atoms with Crippen molar-refractivity contribution in [2.24, 2.45) is 5.92 Å². The number of hydrogen-bond donors (Lipinski definition) is 1. The van der Waals surface area contributed by atoms with Crippen molar-refractivity contribution in [2.75, 3.05) is 13.6 Å². The molecule has 3 unspecified atom stereocenters. The highest BCUT2D eigenvalue weighted by Gasteiger charge is 2.35. The number of carboxylic acids is 1. The zero-order valence-electron chi connectivity index (χ0n) is 12.5. The van der Waals surface area contributed by atoms with E-state index >= 15 is 0 Å². The molecule has 1 N–H and O–H groups in total. The van der Waals surface area contributed by atoms with Gasteiger partial charge in [-0.25, -0.2) is 4.79 Å². The zero-order valence-corrected chi connectivity index (χ0v) is 12.5. The molecule has 114 valence electrons. The molecule has 20 heavy (non-hydrogen) atoms. The van der Waals surface area contributed by atoms with Crippen molar-refractivity contribution < 1.29 is 14.7 Å². The van der Waals surface area contributed by atoms with Crippen LogP contribution in [0.5, 0.6) is 0 Å². The Morgan fingerprint density at radius 1 is 1.20 bits per heavy atom. The van der Waals surface area contributed by atoms with Gasteiger partial charge in [0, 0.05) is 25.7 Å². The van der Waals surface area contributed by atoms with E-state index in [0.29, 0.717) is 18.5 Å². The number of carboxylic acid groups (broad SMARTS) is 1. The molecule has 0 spiro atoms. The minimum absolute atomic E-state index is 0.0208. The average molecular weight is 282 g/mol. The second-order valence-electron chi connectivity index (χ2n) is 6.31. The van der Waals surface area contributed by atoms with Crippen molar-refractivity contribution >= 4 is 12.0 Å². The van der Waals surface area contributed by atoms with Crippen molar-refractivity contribution in [1.29, 1.82) is 0 Å². The van der Waals surface area contributed by atoms with Gasteiger partial charge in [-0.05, 0) is 31.6 Å². The Balaban J connectivity index is 2.00. The Bertz CT molecular complexity index is 372. The number of amides is 2. The van der Waals surface area contributed by atoms with Crippen LogP contribution in [-0.2, 0) is 4.79 Å². The Morgan fingerprint density at radius 3 is 2.55 bits per heavy atom. The standard InChI is InChI=1S/C15H26N2O3/c1-11-6-3-4-8-13(11)16(2)15(20)17-9-5-7-12(17)10-14(18)19/h11-13H,3-10H2,1-2H3,(H,18,19). The van der Waals surface area contributed by atoms with Crippen molar-refractivity contribution in [3.63, 3.8) is 0 Å². The molecule has 5 nitrogen and oxygen atoms in total. The van der Waals surface area contributed by atoms with Gasteiger partial charge in [0.05, 0.1) is 6.42 Å². The Hall–Kier alpha value is -1.26. The van der Waals surface area contributed by atoms with Gasteiger partial charge in [-0.3, -0.25) is 4.79 Å². The molecule has 1 saturated carbocycles. The van der Waals surface area contributed by atoms with E-state index in [-0.39, 0.29) is 18.5 Å². The van der Waals surface area contributed by atoms with E-state index in [1.165, 1.54) is 19.3 Å². The van der Waals surface area contributed by atoms with Gasteiger partial charge in [0.15, 0.2) is 0 Å². The van der Waals surface area contributed by atoms with Crippen LogP contribution in [0.2, 0.25) is 0 Å². The number of likely N-dealkylation sites (tertiary alicyclic amines) is 1. The topological polar surface area (TPSA) is 60.9 Å². The molecule has 1 aliphatic heterocycles. The quantitative estimate of drug-likeness (QED) is 0.865. The lowest BCUT2D eigenvalue weighted by atomic mass is 9.85. The van der Waals surface area contributed by atoms with E-state index < -0.39 is 5.97 Å². The minimum Gasteiger partial charge on any atom is -0.481 e. The van der Waals surface area contributed by atoms with Gasteiger partial charge < -0.3 is 14.9 Å². The lowest BCUT2D eigenvalue weighted by Crippen LogP contribution is -2.50. The van der Waals surface area contributed by atoms with Gasteiger partial charge in [0.2, 0.25) is 0 Å². The Labute approximate surface area is 120 Å². The van der Waals surface area contributed by atoms with Crippen LogP contribution >= 0.6 is 0 Å². The number of nitrogens with zero attached hydrogens (tertiary/aromatic N) is 2. The molecular formula is C15H26N2O3. The maximum absolute atomic E-state index is 12.6. The monoisotopic (exact) mass is 282 g/mol. The third-order valence-electron chi connectivity index (χ3n) is 4.90. The van der Waals surface area contributed by atoms with Crippen molar-refractivity contribution in [2.45, 2.75) is 64.0 Å². The summed E-state index contributed by atoms with van der Waals surface area (Å²) in [7, 11) is 1.88. The first kappa shape index (κ1) is 15.1. The number of carbonyl (C=O) groups is 2. The fourth-order valence-electron chi connectivity index (χ4n) is 3.72. The van der Waals surface area contributed by atoms with Crippen LogP contribution in [0, 0.1) is 5.92 Å². The fourth-order valence-corrected chi connectivity index (χ4v) is 3.72. The predicted octanol–water partition coefficient (Wildman–Crippen LogP) is 2.56. The summed E-state index contributed by atoms with van der Waals surface area (Å²) in [5.74, 6) is -0.276. The zero-order chi connectivity index (χ0) is 14.7. The van der Waals surface area contributed by atoms with Gasteiger partial charge in [-0.1, -0.05) is 19.8 Å². The smallest absolute Gasteiger partial charge is 0.320 e. The van der Waals surface area contributed by atoms with Crippen LogP contribution in [0.3, 0.4) is 0 Å². The number of rotatable bonds is 3. The molecule has 3 atom stereocenters.